The molecule has 0 aliphatic carbocycles. The molecule has 0 radical (unpaired) electrons. The maximum Gasteiger partial charge on any atom is 0.0434 e. The van der Waals surface area contributed by atoms with Gasteiger partial charge in [-0.15, -0.1) is 0 Å². The highest BCUT2D eigenvalue weighted by Gasteiger charge is 2.26. The van der Waals surface area contributed by atoms with Crippen molar-refractivity contribution in [2.45, 2.75) is 53.0 Å². The molecule has 1 rings (SSSR count). The van der Waals surface area contributed by atoms with E-state index in [0.29, 0.717) is 18.6 Å². The molecular weight excluding hydrogens is 236 g/mol. The van der Waals surface area contributed by atoms with E-state index in [9.17, 15) is 5.11 Å². The van der Waals surface area contributed by atoms with Gasteiger partial charge in [0.25, 0.3) is 0 Å². The van der Waals surface area contributed by atoms with Crippen LogP contribution in [0.3, 0.4) is 0 Å². The van der Waals surface area contributed by atoms with Crippen LogP contribution in [-0.2, 0) is 0 Å². The van der Waals surface area contributed by atoms with Crippen LogP contribution in [0.5, 0.6) is 0 Å². The fourth-order valence-electron chi connectivity index (χ4n) is 3.08. The number of aliphatic hydroxyl groups is 1. The topological polar surface area (TPSA) is 35.5 Å². The van der Waals surface area contributed by atoms with E-state index in [2.05, 4.69) is 37.9 Å². The molecule has 114 valence electrons. The lowest BCUT2D eigenvalue weighted by Crippen LogP contribution is -2.50. The lowest BCUT2D eigenvalue weighted by atomic mass is 9.91. The zero-order valence-electron chi connectivity index (χ0n) is 13.4. The summed E-state index contributed by atoms with van der Waals surface area (Å²) < 4.78 is 0. The lowest BCUT2D eigenvalue weighted by molar-refractivity contribution is 0.110. The van der Waals surface area contributed by atoms with Crippen molar-refractivity contribution in [3.8, 4) is 0 Å². The Balaban J connectivity index is 2.40. The van der Waals surface area contributed by atoms with Crippen LogP contribution >= 0.6 is 0 Å². The van der Waals surface area contributed by atoms with Gasteiger partial charge >= 0.3 is 0 Å². The quantitative estimate of drug-likeness (QED) is 0.711. The molecule has 2 atom stereocenters. The molecule has 0 aromatic rings. The second-order valence-corrected chi connectivity index (χ2v) is 7.06. The van der Waals surface area contributed by atoms with Crippen LogP contribution < -0.4 is 5.32 Å². The molecule has 2 N–H and O–H groups in total. The Hall–Kier alpha value is -0.120. The van der Waals surface area contributed by atoms with E-state index in [-0.39, 0.29) is 0 Å². The Kier molecular flexibility index (Phi) is 7.96. The lowest BCUT2D eigenvalue weighted by Gasteiger charge is -2.39. The van der Waals surface area contributed by atoms with Crippen LogP contribution in [0.25, 0.3) is 0 Å². The zero-order chi connectivity index (χ0) is 14.3. The summed E-state index contributed by atoms with van der Waals surface area (Å²) in [5.41, 5.74) is 0. The zero-order valence-corrected chi connectivity index (χ0v) is 13.4. The van der Waals surface area contributed by atoms with Crippen molar-refractivity contribution < 1.29 is 5.11 Å². The highest BCUT2D eigenvalue weighted by molar-refractivity contribution is 4.84. The SMILES string of the molecule is CC(C)CCNC1CC(CCO)CN(CC(C)C)C1. The summed E-state index contributed by atoms with van der Waals surface area (Å²) in [5.74, 6) is 2.16. The van der Waals surface area contributed by atoms with Gasteiger partial charge in [-0.1, -0.05) is 27.7 Å². The van der Waals surface area contributed by atoms with Crippen molar-refractivity contribution in [2.75, 3.05) is 32.8 Å². The minimum atomic E-state index is 0.332. The summed E-state index contributed by atoms with van der Waals surface area (Å²) in [6.45, 7) is 14.1. The number of nitrogens with zero attached hydrogens (tertiary/aromatic N) is 1. The highest BCUT2D eigenvalue weighted by atomic mass is 16.3. The number of aliphatic hydroxyl groups excluding tert-OH is 1. The maximum atomic E-state index is 9.18. The van der Waals surface area contributed by atoms with Gasteiger partial charge in [-0.2, -0.15) is 0 Å². The molecule has 1 heterocycles. The van der Waals surface area contributed by atoms with Crippen molar-refractivity contribution in [3.63, 3.8) is 0 Å². The molecule has 3 nitrogen and oxygen atoms in total. The molecule has 0 aromatic heterocycles. The number of hydrogen-bond donors (Lipinski definition) is 2. The Bertz CT molecular complexity index is 231. The van der Waals surface area contributed by atoms with Crippen LogP contribution in [0.2, 0.25) is 0 Å². The molecule has 1 aliphatic heterocycles. The van der Waals surface area contributed by atoms with Gasteiger partial charge < -0.3 is 15.3 Å². The summed E-state index contributed by atoms with van der Waals surface area (Å²) in [5, 5.41) is 12.9. The van der Waals surface area contributed by atoms with Crippen molar-refractivity contribution in [2.24, 2.45) is 17.8 Å². The number of rotatable bonds is 8. The molecule has 3 heteroatoms. The normalized spacial score (nSPS) is 25.4. The van der Waals surface area contributed by atoms with E-state index in [1.165, 1.54) is 32.5 Å². The predicted molar refractivity (Wildman–Crippen MR) is 82.3 cm³/mol. The summed E-state index contributed by atoms with van der Waals surface area (Å²) in [6, 6.07) is 0.614. The molecule has 1 aliphatic rings. The first-order valence-electron chi connectivity index (χ1n) is 8.07. The molecular formula is C16H34N2O. The van der Waals surface area contributed by atoms with E-state index in [1.807, 2.05) is 0 Å². The summed E-state index contributed by atoms with van der Waals surface area (Å²) in [7, 11) is 0. The summed E-state index contributed by atoms with van der Waals surface area (Å²) in [4.78, 5) is 2.58. The third kappa shape index (κ3) is 7.28. The Labute approximate surface area is 119 Å². The van der Waals surface area contributed by atoms with E-state index in [1.54, 1.807) is 0 Å². The van der Waals surface area contributed by atoms with Gasteiger partial charge in [0, 0.05) is 32.3 Å². The Morgan fingerprint density at radius 2 is 1.89 bits per heavy atom. The largest absolute Gasteiger partial charge is 0.396 e. The predicted octanol–water partition coefficient (Wildman–Crippen LogP) is 2.35. The number of nitrogens with one attached hydrogen (secondary N) is 1. The molecule has 2 unspecified atom stereocenters. The highest BCUT2D eigenvalue weighted by Crippen LogP contribution is 2.21. The molecule has 1 saturated heterocycles. The first-order chi connectivity index (χ1) is 9.01. The molecule has 1 fully saturated rings. The van der Waals surface area contributed by atoms with Crippen molar-refractivity contribution in [3.05, 3.63) is 0 Å². The van der Waals surface area contributed by atoms with Crippen LogP contribution in [-0.4, -0.2) is 48.8 Å². The number of hydrogen-bond acceptors (Lipinski definition) is 3. The first-order valence-corrected chi connectivity index (χ1v) is 8.07. The minimum Gasteiger partial charge on any atom is -0.396 e. The average Bonchev–Trinajstić information content (AvgIpc) is 2.27. The smallest absolute Gasteiger partial charge is 0.0434 e. The van der Waals surface area contributed by atoms with Gasteiger partial charge in [0.2, 0.25) is 0 Å². The summed E-state index contributed by atoms with van der Waals surface area (Å²) in [6.07, 6.45) is 3.44. The molecule has 0 bridgehead atoms. The summed E-state index contributed by atoms with van der Waals surface area (Å²) >= 11 is 0. The Morgan fingerprint density at radius 3 is 2.47 bits per heavy atom. The van der Waals surface area contributed by atoms with Gasteiger partial charge in [0.15, 0.2) is 0 Å². The van der Waals surface area contributed by atoms with Gasteiger partial charge in [0.1, 0.15) is 0 Å². The Morgan fingerprint density at radius 1 is 1.16 bits per heavy atom. The van der Waals surface area contributed by atoms with E-state index < -0.39 is 0 Å². The molecule has 0 spiro atoms. The fourth-order valence-corrected chi connectivity index (χ4v) is 3.08. The molecule has 0 amide bonds. The van der Waals surface area contributed by atoms with Gasteiger partial charge in [-0.3, -0.25) is 0 Å². The van der Waals surface area contributed by atoms with Crippen LogP contribution in [0.4, 0.5) is 0 Å². The number of likely N-dealkylation sites (tertiary alicyclic amines) is 1. The molecule has 0 saturated carbocycles. The van der Waals surface area contributed by atoms with Gasteiger partial charge in [0.05, 0.1) is 0 Å². The van der Waals surface area contributed by atoms with Gasteiger partial charge in [-0.25, -0.2) is 0 Å². The first kappa shape index (κ1) is 16.9. The maximum absolute atomic E-state index is 9.18. The van der Waals surface area contributed by atoms with Crippen molar-refractivity contribution in [1.82, 2.24) is 10.2 Å². The number of piperidine rings is 1. The second kappa shape index (κ2) is 8.93. The third-order valence-corrected chi connectivity index (χ3v) is 3.93. The molecule has 19 heavy (non-hydrogen) atoms. The fraction of sp³-hybridized carbons (Fsp3) is 1.00. The standard InChI is InChI=1S/C16H34N2O/c1-13(2)5-7-17-16-9-15(6-8-19)11-18(12-16)10-14(3)4/h13-17,19H,5-12H2,1-4H3. The van der Waals surface area contributed by atoms with Crippen LogP contribution in [0.1, 0.15) is 47.0 Å². The van der Waals surface area contributed by atoms with E-state index in [4.69, 9.17) is 0 Å². The van der Waals surface area contributed by atoms with Crippen LogP contribution in [0, 0.1) is 17.8 Å². The minimum absolute atomic E-state index is 0.332. The van der Waals surface area contributed by atoms with E-state index in [0.717, 1.165) is 24.8 Å². The second-order valence-electron chi connectivity index (χ2n) is 7.06. The third-order valence-electron chi connectivity index (χ3n) is 3.93. The average molecular weight is 270 g/mol. The van der Waals surface area contributed by atoms with E-state index >= 15 is 0 Å². The van der Waals surface area contributed by atoms with Gasteiger partial charge in [-0.05, 0) is 43.6 Å². The van der Waals surface area contributed by atoms with Crippen molar-refractivity contribution in [1.29, 1.82) is 0 Å². The molecule has 0 aromatic carbocycles. The monoisotopic (exact) mass is 270 g/mol. The van der Waals surface area contributed by atoms with Crippen molar-refractivity contribution >= 4 is 0 Å². The van der Waals surface area contributed by atoms with Crippen LogP contribution in [0.15, 0.2) is 0 Å².